The second-order valence-corrected chi connectivity index (χ2v) is 6.39. The van der Waals surface area contributed by atoms with Gasteiger partial charge in [0.2, 0.25) is 0 Å². The van der Waals surface area contributed by atoms with Crippen molar-refractivity contribution >= 4 is 23.4 Å². The van der Waals surface area contributed by atoms with Crippen molar-refractivity contribution < 1.29 is 0 Å². The Balaban J connectivity index is 1.86. The highest BCUT2D eigenvalue weighted by Crippen LogP contribution is 2.28. The molecule has 17 heavy (non-hydrogen) atoms. The van der Waals surface area contributed by atoms with Crippen LogP contribution in [0.4, 0.5) is 0 Å². The fourth-order valence-electron chi connectivity index (χ4n) is 2.39. The van der Waals surface area contributed by atoms with E-state index in [4.69, 9.17) is 11.6 Å². The van der Waals surface area contributed by atoms with E-state index in [2.05, 4.69) is 30.6 Å². The Morgan fingerprint density at radius 3 is 2.88 bits per heavy atom. The van der Waals surface area contributed by atoms with Crippen LogP contribution in [0.1, 0.15) is 30.4 Å². The third kappa shape index (κ3) is 3.64. The van der Waals surface area contributed by atoms with Crippen molar-refractivity contribution in [2.75, 3.05) is 6.26 Å². The predicted molar refractivity (Wildman–Crippen MR) is 78.0 cm³/mol. The van der Waals surface area contributed by atoms with Gasteiger partial charge in [-0.05, 0) is 49.6 Å². The lowest BCUT2D eigenvalue weighted by atomic mass is 10.1. The topological polar surface area (TPSA) is 12.0 Å². The molecule has 1 saturated carbocycles. The minimum absolute atomic E-state index is 0.671. The number of nitrogens with one attached hydrogen (secondary N) is 1. The van der Waals surface area contributed by atoms with Crippen LogP contribution in [0.2, 0.25) is 5.02 Å². The van der Waals surface area contributed by atoms with Crippen molar-refractivity contribution in [1.29, 1.82) is 0 Å². The molecule has 1 aliphatic rings. The van der Waals surface area contributed by atoms with Crippen molar-refractivity contribution in [2.24, 2.45) is 0 Å². The van der Waals surface area contributed by atoms with Crippen LogP contribution in [0.25, 0.3) is 0 Å². The Kier molecular flexibility index (Phi) is 4.78. The number of hydrogen-bond donors (Lipinski definition) is 1. The molecule has 94 valence electrons. The van der Waals surface area contributed by atoms with Gasteiger partial charge in [0.05, 0.1) is 0 Å². The molecule has 1 fully saturated rings. The second-order valence-electron chi connectivity index (χ2n) is 4.84. The van der Waals surface area contributed by atoms with Crippen LogP contribution in [-0.4, -0.2) is 17.5 Å². The summed E-state index contributed by atoms with van der Waals surface area (Å²) < 4.78 is 0. The minimum Gasteiger partial charge on any atom is -0.310 e. The summed E-state index contributed by atoms with van der Waals surface area (Å²) in [6, 6.07) is 6.97. The number of aryl methyl sites for hydroxylation is 1. The van der Waals surface area contributed by atoms with Gasteiger partial charge in [-0.15, -0.1) is 0 Å². The van der Waals surface area contributed by atoms with E-state index in [0.717, 1.165) is 16.8 Å². The van der Waals surface area contributed by atoms with Crippen LogP contribution >= 0.6 is 23.4 Å². The molecule has 0 radical (unpaired) electrons. The molecule has 0 heterocycles. The molecule has 0 aromatic heterocycles. The molecule has 2 atom stereocenters. The zero-order chi connectivity index (χ0) is 12.3. The van der Waals surface area contributed by atoms with Gasteiger partial charge >= 0.3 is 0 Å². The lowest BCUT2D eigenvalue weighted by Gasteiger charge is -2.13. The van der Waals surface area contributed by atoms with Crippen LogP contribution in [0.15, 0.2) is 18.2 Å². The van der Waals surface area contributed by atoms with Gasteiger partial charge in [0, 0.05) is 22.9 Å². The van der Waals surface area contributed by atoms with Gasteiger partial charge in [-0.1, -0.05) is 23.7 Å². The van der Waals surface area contributed by atoms with E-state index >= 15 is 0 Å². The first-order valence-corrected chi connectivity index (χ1v) is 7.87. The Morgan fingerprint density at radius 2 is 2.24 bits per heavy atom. The zero-order valence-electron chi connectivity index (χ0n) is 10.5. The summed E-state index contributed by atoms with van der Waals surface area (Å²) in [6.45, 7) is 2.97. The van der Waals surface area contributed by atoms with E-state index in [1.54, 1.807) is 0 Å². The monoisotopic (exact) mass is 269 g/mol. The highest BCUT2D eigenvalue weighted by molar-refractivity contribution is 7.99. The smallest absolute Gasteiger partial charge is 0.0453 e. The molecule has 0 aliphatic heterocycles. The summed E-state index contributed by atoms with van der Waals surface area (Å²) >= 11 is 8.22. The van der Waals surface area contributed by atoms with Gasteiger partial charge in [-0.3, -0.25) is 0 Å². The fourth-order valence-corrected chi connectivity index (χ4v) is 3.49. The van der Waals surface area contributed by atoms with E-state index in [9.17, 15) is 0 Å². The SMILES string of the molecule is CSC1CCC(NCc2ccc(C)cc2Cl)C1. The van der Waals surface area contributed by atoms with Crippen LogP contribution in [0, 0.1) is 6.92 Å². The number of halogens is 1. The standard InChI is InChI=1S/C14H20ClNS/c1-10-3-4-11(14(15)7-10)9-16-12-5-6-13(8-12)17-2/h3-4,7,12-13,16H,5-6,8-9H2,1-2H3. The third-order valence-corrected chi connectivity index (χ3v) is 4.95. The lowest BCUT2D eigenvalue weighted by Crippen LogP contribution is -2.26. The van der Waals surface area contributed by atoms with Crippen molar-refractivity contribution in [3.05, 3.63) is 34.3 Å². The quantitative estimate of drug-likeness (QED) is 0.886. The van der Waals surface area contributed by atoms with Crippen LogP contribution < -0.4 is 5.32 Å². The van der Waals surface area contributed by atoms with Crippen LogP contribution in [0.3, 0.4) is 0 Å². The van der Waals surface area contributed by atoms with Crippen molar-refractivity contribution in [1.82, 2.24) is 5.32 Å². The highest BCUT2D eigenvalue weighted by atomic mass is 35.5. The zero-order valence-corrected chi connectivity index (χ0v) is 12.1. The molecule has 2 unspecified atom stereocenters. The second kappa shape index (κ2) is 6.12. The van der Waals surface area contributed by atoms with Crippen molar-refractivity contribution in [3.8, 4) is 0 Å². The molecule has 3 heteroatoms. The van der Waals surface area contributed by atoms with E-state index < -0.39 is 0 Å². The number of hydrogen-bond acceptors (Lipinski definition) is 2. The van der Waals surface area contributed by atoms with Crippen LogP contribution in [0.5, 0.6) is 0 Å². The highest BCUT2D eigenvalue weighted by Gasteiger charge is 2.23. The van der Waals surface area contributed by atoms with Gasteiger partial charge in [0.1, 0.15) is 0 Å². The average Bonchev–Trinajstić information content (AvgIpc) is 2.76. The number of benzene rings is 1. The average molecular weight is 270 g/mol. The van der Waals surface area contributed by atoms with Crippen molar-refractivity contribution in [2.45, 2.75) is 44.0 Å². The summed E-state index contributed by atoms with van der Waals surface area (Å²) in [7, 11) is 0. The maximum absolute atomic E-state index is 6.23. The molecule has 0 bridgehead atoms. The van der Waals surface area contributed by atoms with Gasteiger partial charge in [-0.2, -0.15) is 11.8 Å². The first kappa shape index (κ1) is 13.3. The first-order valence-electron chi connectivity index (χ1n) is 6.20. The van der Waals surface area contributed by atoms with Gasteiger partial charge < -0.3 is 5.32 Å². The Labute approximate surface area is 113 Å². The molecule has 1 nitrogen and oxygen atoms in total. The molecule has 1 aromatic carbocycles. The number of rotatable bonds is 4. The minimum atomic E-state index is 0.671. The van der Waals surface area contributed by atoms with Gasteiger partial charge in [-0.25, -0.2) is 0 Å². The molecule has 0 saturated heterocycles. The summed E-state index contributed by atoms with van der Waals surface area (Å²) in [6.07, 6.45) is 6.16. The molecule has 1 N–H and O–H groups in total. The molecule has 0 amide bonds. The summed E-state index contributed by atoms with van der Waals surface area (Å²) in [5.41, 5.74) is 2.44. The molecule has 2 rings (SSSR count). The summed E-state index contributed by atoms with van der Waals surface area (Å²) in [5.74, 6) is 0. The maximum Gasteiger partial charge on any atom is 0.0453 e. The fraction of sp³-hybridized carbons (Fsp3) is 0.571. The summed E-state index contributed by atoms with van der Waals surface area (Å²) in [4.78, 5) is 0. The molecule has 1 aromatic rings. The maximum atomic E-state index is 6.23. The Morgan fingerprint density at radius 1 is 1.41 bits per heavy atom. The summed E-state index contributed by atoms with van der Waals surface area (Å²) in [5, 5.41) is 5.36. The lowest BCUT2D eigenvalue weighted by molar-refractivity contribution is 0.525. The van der Waals surface area contributed by atoms with Crippen LogP contribution in [-0.2, 0) is 6.54 Å². The molecule has 0 spiro atoms. The first-order chi connectivity index (χ1) is 8.19. The molecule has 1 aliphatic carbocycles. The normalized spacial score (nSPS) is 24.2. The Bertz CT molecular complexity index is 380. The van der Waals surface area contributed by atoms with E-state index in [-0.39, 0.29) is 0 Å². The van der Waals surface area contributed by atoms with Gasteiger partial charge in [0.15, 0.2) is 0 Å². The number of thioether (sulfide) groups is 1. The van der Waals surface area contributed by atoms with E-state index in [1.807, 2.05) is 17.8 Å². The third-order valence-electron chi connectivity index (χ3n) is 3.51. The van der Waals surface area contributed by atoms with E-state index in [0.29, 0.717) is 6.04 Å². The van der Waals surface area contributed by atoms with Gasteiger partial charge in [0.25, 0.3) is 0 Å². The predicted octanol–water partition coefficient (Wildman–Crippen LogP) is 4.02. The Hall–Kier alpha value is -0.180. The molecular formula is C14H20ClNS. The largest absolute Gasteiger partial charge is 0.310 e. The molecular weight excluding hydrogens is 250 g/mol. The van der Waals surface area contributed by atoms with Crippen molar-refractivity contribution in [3.63, 3.8) is 0 Å². The van der Waals surface area contributed by atoms with E-state index in [1.165, 1.54) is 30.4 Å².